The minimum absolute atomic E-state index is 0.155. The van der Waals surface area contributed by atoms with Crippen molar-refractivity contribution in [3.05, 3.63) is 0 Å². The smallest absolute Gasteiger partial charge is 0.407 e. The van der Waals surface area contributed by atoms with Crippen molar-refractivity contribution < 1.29 is 28.6 Å². The Bertz CT molecular complexity index is 622. The van der Waals surface area contributed by atoms with E-state index in [9.17, 15) is 14.4 Å². The zero-order valence-corrected chi connectivity index (χ0v) is 20.0. The quantitative estimate of drug-likeness (QED) is 0.469. The molecule has 2 N–H and O–H groups in total. The average Bonchev–Trinajstić information content (AvgIpc) is 2.54. The molecule has 0 aromatic heterocycles. The van der Waals surface area contributed by atoms with E-state index in [4.69, 9.17) is 14.2 Å². The second kappa shape index (κ2) is 9.88. The summed E-state index contributed by atoms with van der Waals surface area (Å²) in [6.07, 6.45) is 1.41. The van der Waals surface area contributed by atoms with Gasteiger partial charge in [-0.2, -0.15) is 0 Å². The lowest BCUT2D eigenvalue weighted by Gasteiger charge is -2.49. The van der Waals surface area contributed by atoms with Crippen LogP contribution in [0.1, 0.15) is 74.7 Å². The number of carbonyl (C=O) groups excluding carboxylic acids is 3. The molecule has 0 radical (unpaired) electrons. The minimum atomic E-state index is -0.622. The maximum absolute atomic E-state index is 12.5. The molecule has 0 aliphatic heterocycles. The Labute approximate surface area is 180 Å². The van der Waals surface area contributed by atoms with E-state index < -0.39 is 35.3 Å². The maximum Gasteiger partial charge on any atom is 0.407 e. The SMILES string of the molecule is COC(=O)C(CC1(C)CCC1CNC(=O)OC(C)(C)C)[C@@H](C)NC(=O)OC(C)(C)C. The van der Waals surface area contributed by atoms with Crippen LogP contribution in [-0.2, 0) is 19.0 Å². The average molecular weight is 429 g/mol. The Morgan fingerprint density at radius 2 is 1.57 bits per heavy atom. The fraction of sp³-hybridized carbons (Fsp3) is 0.864. The van der Waals surface area contributed by atoms with E-state index in [0.717, 1.165) is 12.8 Å². The van der Waals surface area contributed by atoms with Crippen LogP contribution < -0.4 is 10.6 Å². The van der Waals surface area contributed by atoms with Gasteiger partial charge in [0.25, 0.3) is 0 Å². The van der Waals surface area contributed by atoms with Gasteiger partial charge in [-0.15, -0.1) is 0 Å². The lowest BCUT2D eigenvalue weighted by molar-refractivity contribution is -0.149. The van der Waals surface area contributed by atoms with E-state index in [1.165, 1.54) is 7.11 Å². The van der Waals surface area contributed by atoms with Gasteiger partial charge in [-0.3, -0.25) is 4.79 Å². The van der Waals surface area contributed by atoms with E-state index in [-0.39, 0.29) is 17.3 Å². The number of carbonyl (C=O) groups is 3. The van der Waals surface area contributed by atoms with Crippen LogP contribution in [0.25, 0.3) is 0 Å². The van der Waals surface area contributed by atoms with E-state index in [1.807, 2.05) is 20.8 Å². The Kier molecular flexibility index (Phi) is 8.58. The van der Waals surface area contributed by atoms with Gasteiger partial charge in [-0.25, -0.2) is 9.59 Å². The van der Waals surface area contributed by atoms with Gasteiger partial charge in [0.1, 0.15) is 11.2 Å². The highest BCUT2D eigenvalue weighted by molar-refractivity contribution is 5.75. The number of amides is 2. The predicted octanol–water partition coefficient (Wildman–Crippen LogP) is 4.02. The molecular weight excluding hydrogens is 388 g/mol. The Balaban J connectivity index is 2.73. The van der Waals surface area contributed by atoms with Gasteiger partial charge >= 0.3 is 18.2 Å². The normalized spacial score (nSPS) is 23.4. The monoisotopic (exact) mass is 428 g/mol. The van der Waals surface area contributed by atoms with Gasteiger partial charge in [0.2, 0.25) is 0 Å². The van der Waals surface area contributed by atoms with Gasteiger partial charge in [-0.05, 0) is 79.1 Å². The molecule has 174 valence electrons. The molecule has 0 heterocycles. The number of hydrogen-bond donors (Lipinski definition) is 2. The molecule has 0 saturated heterocycles. The molecule has 1 rings (SSSR count). The summed E-state index contributed by atoms with van der Waals surface area (Å²) in [5.41, 5.74) is -1.33. The highest BCUT2D eigenvalue weighted by Gasteiger charge is 2.46. The topological polar surface area (TPSA) is 103 Å². The first-order chi connectivity index (χ1) is 13.6. The lowest BCUT2D eigenvalue weighted by atomic mass is 9.57. The molecule has 3 unspecified atom stereocenters. The first-order valence-corrected chi connectivity index (χ1v) is 10.6. The molecule has 8 nitrogen and oxygen atoms in total. The van der Waals surface area contributed by atoms with Crippen molar-refractivity contribution >= 4 is 18.2 Å². The fourth-order valence-electron chi connectivity index (χ4n) is 3.69. The van der Waals surface area contributed by atoms with Gasteiger partial charge in [0.15, 0.2) is 0 Å². The number of esters is 1. The summed E-state index contributed by atoms with van der Waals surface area (Å²) in [5, 5.41) is 5.59. The van der Waals surface area contributed by atoms with E-state index in [1.54, 1.807) is 27.7 Å². The Morgan fingerprint density at radius 3 is 2.00 bits per heavy atom. The number of methoxy groups -OCH3 is 1. The number of alkyl carbamates (subject to hydrolysis) is 2. The van der Waals surface area contributed by atoms with Gasteiger partial charge in [0, 0.05) is 12.6 Å². The van der Waals surface area contributed by atoms with Crippen LogP contribution in [0.15, 0.2) is 0 Å². The standard InChI is InChI=1S/C22H40N2O6/c1-14(24-19(27)30-21(5,6)7)16(17(25)28-9)12-22(8)11-10-15(22)13-23-18(26)29-20(2,3)4/h14-16H,10-13H2,1-9H3,(H,23,26)(H,24,27)/t14-,15?,16?,22?/m1/s1. The van der Waals surface area contributed by atoms with E-state index in [2.05, 4.69) is 17.6 Å². The Hall–Kier alpha value is -1.99. The van der Waals surface area contributed by atoms with E-state index >= 15 is 0 Å². The number of nitrogens with one attached hydrogen (secondary N) is 2. The molecule has 30 heavy (non-hydrogen) atoms. The second-order valence-corrected chi connectivity index (χ2v) is 10.5. The molecule has 0 aromatic carbocycles. The zero-order valence-electron chi connectivity index (χ0n) is 20.0. The molecule has 0 bridgehead atoms. The van der Waals surface area contributed by atoms with Crippen molar-refractivity contribution in [3.8, 4) is 0 Å². The fourth-order valence-corrected chi connectivity index (χ4v) is 3.69. The molecule has 1 aliphatic rings. The van der Waals surface area contributed by atoms with Gasteiger partial charge in [-0.1, -0.05) is 6.92 Å². The largest absolute Gasteiger partial charge is 0.469 e. The lowest BCUT2D eigenvalue weighted by Crippen LogP contribution is -2.50. The van der Waals surface area contributed by atoms with Crippen LogP contribution in [0.4, 0.5) is 9.59 Å². The molecule has 0 spiro atoms. The number of ether oxygens (including phenoxy) is 3. The van der Waals surface area contributed by atoms with Crippen LogP contribution in [0, 0.1) is 17.3 Å². The summed E-state index contributed by atoms with van der Waals surface area (Å²) in [5.74, 6) is -0.673. The van der Waals surface area contributed by atoms with E-state index in [0.29, 0.717) is 13.0 Å². The first-order valence-electron chi connectivity index (χ1n) is 10.6. The number of hydrogen-bond acceptors (Lipinski definition) is 6. The van der Waals surface area contributed by atoms with Crippen molar-refractivity contribution in [1.82, 2.24) is 10.6 Å². The van der Waals surface area contributed by atoms with Gasteiger partial charge in [0.05, 0.1) is 13.0 Å². The summed E-state index contributed by atoms with van der Waals surface area (Å²) >= 11 is 0. The predicted molar refractivity (Wildman–Crippen MR) is 114 cm³/mol. The summed E-state index contributed by atoms with van der Waals surface area (Å²) in [4.78, 5) is 36.6. The molecule has 2 amide bonds. The van der Waals surface area contributed by atoms with Crippen LogP contribution in [0.3, 0.4) is 0 Å². The van der Waals surface area contributed by atoms with Crippen molar-refractivity contribution in [1.29, 1.82) is 0 Å². The van der Waals surface area contributed by atoms with Crippen molar-refractivity contribution in [2.75, 3.05) is 13.7 Å². The van der Waals surface area contributed by atoms with Crippen LogP contribution in [0.5, 0.6) is 0 Å². The molecular formula is C22H40N2O6. The van der Waals surface area contributed by atoms with Crippen LogP contribution in [0.2, 0.25) is 0 Å². The highest BCUT2D eigenvalue weighted by Crippen LogP contribution is 2.50. The number of rotatable bonds is 7. The van der Waals surface area contributed by atoms with Crippen molar-refractivity contribution in [2.24, 2.45) is 17.3 Å². The molecule has 1 saturated carbocycles. The summed E-state index contributed by atoms with van der Waals surface area (Å²) in [7, 11) is 1.35. The van der Waals surface area contributed by atoms with Crippen molar-refractivity contribution in [2.45, 2.75) is 91.9 Å². The molecule has 4 atom stereocenters. The van der Waals surface area contributed by atoms with Gasteiger partial charge < -0.3 is 24.8 Å². The summed E-state index contributed by atoms with van der Waals surface area (Å²) in [6.45, 7) is 15.2. The Morgan fingerprint density at radius 1 is 1.03 bits per heavy atom. The molecule has 1 fully saturated rings. The third kappa shape index (κ3) is 8.40. The molecule has 8 heteroatoms. The summed E-state index contributed by atoms with van der Waals surface area (Å²) in [6, 6.07) is -0.454. The summed E-state index contributed by atoms with van der Waals surface area (Å²) < 4.78 is 15.6. The maximum atomic E-state index is 12.5. The molecule has 1 aliphatic carbocycles. The zero-order chi connectivity index (χ0) is 23.3. The van der Waals surface area contributed by atoms with Crippen LogP contribution >= 0.6 is 0 Å². The third-order valence-electron chi connectivity index (χ3n) is 5.48. The highest BCUT2D eigenvalue weighted by atomic mass is 16.6. The second-order valence-electron chi connectivity index (χ2n) is 10.5. The van der Waals surface area contributed by atoms with Crippen molar-refractivity contribution in [3.63, 3.8) is 0 Å². The first kappa shape index (κ1) is 26.0. The third-order valence-corrected chi connectivity index (χ3v) is 5.48. The van der Waals surface area contributed by atoms with Crippen LogP contribution in [-0.4, -0.2) is 49.1 Å². The molecule has 0 aromatic rings. The minimum Gasteiger partial charge on any atom is -0.469 e.